The molecule has 0 unspecified atom stereocenters. The molecule has 27 heavy (non-hydrogen) atoms. The third-order valence-electron chi connectivity index (χ3n) is 4.49. The molecule has 0 aliphatic carbocycles. The Balaban J connectivity index is 2.16. The van der Waals surface area contributed by atoms with Gasteiger partial charge in [-0.15, -0.1) is 0 Å². The van der Waals surface area contributed by atoms with Crippen molar-refractivity contribution < 1.29 is 18.9 Å². The van der Waals surface area contributed by atoms with Gasteiger partial charge in [0.1, 0.15) is 11.6 Å². The van der Waals surface area contributed by atoms with Crippen molar-refractivity contribution in [1.29, 1.82) is 0 Å². The highest BCUT2D eigenvalue weighted by Crippen LogP contribution is 2.40. The fraction of sp³-hybridized carbons (Fsp3) is 0.286. The van der Waals surface area contributed by atoms with Gasteiger partial charge in [-0.2, -0.15) is 0 Å². The summed E-state index contributed by atoms with van der Waals surface area (Å²) in [5, 5.41) is 0. The Kier molecular flexibility index (Phi) is 5.26. The number of methoxy groups -OCH3 is 4. The molecule has 0 saturated heterocycles. The third-order valence-corrected chi connectivity index (χ3v) is 4.49. The molecule has 0 N–H and O–H groups in total. The average Bonchev–Trinajstić information content (AvgIpc) is 3.16. The van der Waals surface area contributed by atoms with Crippen LogP contribution in [0.25, 0.3) is 17.1 Å². The quantitative estimate of drug-likeness (QED) is 0.653. The van der Waals surface area contributed by atoms with Gasteiger partial charge < -0.3 is 18.9 Å². The summed E-state index contributed by atoms with van der Waals surface area (Å²) < 4.78 is 23.8. The van der Waals surface area contributed by atoms with Crippen LogP contribution in [0.3, 0.4) is 0 Å². The lowest BCUT2D eigenvalue weighted by Crippen LogP contribution is -2.01. The minimum Gasteiger partial charge on any atom is -0.496 e. The minimum absolute atomic E-state index is 0.557. The predicted molar refractivity (Wildman–Crippen MR) is 105 cm³/mol. The SMILES string of the molecule is COc1cc(-n2ccnc2-c2cc(C)c(OC)c(C)c2)cc(OC)c1OC. The van der Waals surface area contributed by atoms with Gasteiger partial charge in [0, 0.05) is 30.1 Å². The first kappa shape index (κ1) is 18.6. The molecule has 3 rings (SSSR count). The zero-order valence-electron chi connectivity index (χ0n) is 16.5. The number of aryl methyl sites for hydroxylation is 2. The minimum atomic E-state index is 0.557. The normalized spacial score (nSPS) is 10.6. The molecule has 0 bridgehead atoms. The van der Waals surface area contributed by atoms with Crippen molar-refractivity contribution in [2.75, 3.05) is 28.4 Å². The summed E-state index contributed by atoms with van der Waals surface area (Å²) in [4.78, 5) is 4.56. The maximum absolute atomic E-state index is 5.48. The van der Waals surface area contributed by atoms with Crippen molar-refractivity contribution in [3.63, 3.8) is 0 Å². The summed E-state index contributed by atoms with van der Waals surface area (Å²) in [7, 11) is 6.48. The Bertz CT molecular complexity index is 915. The van der Waals surface area contributed by atoms with Gasteiger partial charge in [0.05, 0.1) is 34.1 Å². The smallest absolute Gasteiger partial charge is 0.203 e. The van der Waals surface area contributed by atoms with E-state index >= 15 is 0 Å². The van der Waals surface area contributed by atoms with Crippen LogP contribution in [-0.4, -0.2) is 38.0 Å². The second-order valence-corrected chi connectivity index (χ2v) is 6.15. The summed E-state index contributed by atoms with van der Waals surface area (Å²) in [6.45, 7) is 4.06. The number of rotatable bonds is 6. The molecule has 2 aromatic carbocycles. The number of imidazole rings is 1. The van der Waals surface area contributed by atoms with E-state index in [-0.39, 0.29) is 0 Å². The van der Waals surface area contributed by atoms with Crippen LogP contribution in [0.4, 0.5) is 0 Å². The predicted octanol–water partition coefficient (Wildman–Crippen LogP) is 4.19. The van der Waals surface area contributed by atoms with Gasteiger partial charge in [-0.1, -0.05) is 0 Å². The molecule has 0 radical (unpaired) electrons. The summed E-state index contributed by atoms with van der Waals surface area (Å²) in [5.74, 6) is 3.45. The van der Waals surface area contributed by atoms with Gasteiger partial charge in [0.2, 0.25) is 5.75 Å². The van der Waals surface area contributed by atoms with Gasteiger partial charge in [-0.25, -0.2) is 4.98 Å². The van der Waals surface area contributed by atoms with Gasteiger partial charge in [0.25, 0.3) is 0 Å². The molecule has 3 aromatic rings. The van der Waals surface area contributed by atoms with E-state index in [9.17, 15) is 0 Å². The number of nitrogens with zero attached hydrogens (tertiary/aromatic N) is 2. The molecule has 0 aliphatic heterocycles. The first-order chi connectivity index (χ1) is 13.0. The van der Waals surface area contributed by atoms with E-state index in [0.717, 1.165) is 34.0 Å². The summed E-state index contributed by atoms with van der Waals surface area (Å²) in [5.41, 5.74) is 3.99. The first-order valence-corrected chi connectivity index (χ1v) is 8.53. The molecule has 0 aliphatic rings. The largest absolute Gasteiger partial charge is 0.496 e. The van der Waals surface area contributed by atoms with Crippen molar-refractivity contribution in [2.24, 2.45) is 0 Å². The fourth-order valence-electron chi connectivity index (χ4n) is 3.33. The van der Waals surface area contributed by atoms with E-state index in [1.807, 2.05) is 36.7 Å². The molecule has 1 heterocycles. The van der Waals surface area contributed by atoms with Gasteiger partial charge in [-0.3, -0.25) is 4.57 Å². The Labute approximate surface area is 159 Å². The van der Waals surface area contributed by atoms with Crippen LogP contribution in [0, 0.1) is 13.8 Å². The zero-order chi connectivity index (χ0) is 19.6. The molecule has 0 saturated carbocycles. The van der Waals surface area contributed by atoms with Gasteiger partial charge in [0.15, 0.2) is 11.5 Å². The third kappa shape index (κ3) is 3.30. The van der Waals surface area contributed by atoms with Crippen LogP contribution in [0.2, 0.25) is 0 Å². The summed E-state index contributed by atoms with van der Waals surface area (Å²) in [6, 6.07) is 7.94. The number of benzene rings is 2. The molecule has 6 nitrogen and oxygen atoms in total. The van der Waals surface area contributed by atoms with E-state index in [0.29, 0.717) is 17.2 Å². The van der Waals surface area contributed by atoms with E-state index in [2.05, 4.69) is 17.1 Å². The van der Waals surface area contributed by atoms with Crippen molar-refractivity contribution in [3.05, 3.63) is 47.8 Å². The highest BCUT2D eigenvalue weighted by atomic mass is 16.5. The average molecular weight is 368 g/mol. The Hall–Kier alpha value is -3.15. The summed E-state index contributed by atoms with van der Waals surface area (Å²) >= 11 is 0. The second kappa shape index (κ2) is 7.61. The number of hydrogen-bond donors (Lipinski definition) is 0. The molecule has 142 valence electrons. The number of aromatic nitrogens is 2. The highest BCUT2D eigenvalue weighted by molar-refractivity contribution is 5.66. The van der Waals surface area contributed by atoms with Crippen LogP contribution in [0.15, 0.2) is 36.7 Å². The fourth-order valence-corrected chi connectivity index (χ4v) is 3.33. The second-order valence-electron chi connectivity index (χ2n) is 6.15. The molecule has 6 heteroatoms. The van der Waals surface area contributed by atoms with Crippen LogP contribution in [0.5, 0.6) is 23.0 Å². The first-order valence-electron chi connectivity index (χ1n) is 8.53. The molecular weight excluding hydrogens is 344 g/mol. The zero-order valence-corrected chi connectivity index (χ0v) is 16.5. The Morgan fingerprint density at radius 1 is 0.741 bits per heavy atom. The summed E-state index contributed by atoms with van der Waals surface area (Å²) in [6.07, 6.45) is 3.68. The standard InChI is InChI=1S/C21H24N2O4/c1-13-9-15(10-14(2)19(13)26-5)21-22-7-8-23(21)16-11-17(24-3)20(27-6)18(12-16)25-4/h7-12H,1-6H3. The molecule has 0 spiro atoms. The molecule has 0 fully saturated rings. The highest BCUT2D eigenvalue weighted by Gasteiger charge is 2.17. The number of ether oxygens (including phenoxy) is 4. The lowest BCUT2D eigenvalue weighted by atomic mass is 10.0. The van der Waals surface area contributed by atoms with E-state index in [1.165, 1.54) is 0 Å². The van der Waals surface area contributed by atoms with Crippen LogP contribution in [0.1, 0.15) is 11.1 Å². The van der Waals surface area contributed by atoms with Crippen molar-refractivity contribution in [2.45, 2.75) is 13.8 Å². The monoisotopic (exact) mass is 368 g/mol. The van der Waals surface area contributed by atoms with Crippen molar-refractivity contribution in [1.82, 2.24) is 9.55 Å². The Morgan fingerprint density at radius 2 is 1.30 bits per heavy atom. The van der Waals surface area contributed by atoms with Crippen molar-refractivity contribution >= 4 is 0 Å². The molecular formula is C21H24N2O4. The topological polar surface area (TPSA) is 54.7 Å². The van der Waals surface area contributed by atoms with E-state index in [1.54, 1.807) is 34.6 Å². The number of hydrogen-bond acceptors (Lipinski definition) is 5. The Morgan fingerprint density at radius 3 is 1.78 bits per heavy atom. The van der Waals surface area contributed by atoms with E-state index < -0.39 is 0 Å². The lowest BCUT2D eigenvalue weighted by molar-refractivity contribution is 0.324. The molecule has 0 amide bonds. The van der Waals surface area contributed by atoms with Crippen LogP contribution < -0.4 is 18.9 Å². The van der Waals surface area contributed by atoms with Crippen LogP contribution in [-0.2, 0) is 0 Å². The van der Waals surface area contributed by atoms with Gasteiger partial charge in [-0.05, 0) is 37.1 Å². The van der Waals surface area contributed by atoms with Crippen molar-refractivity contribution in [3.8, 4) is 40.1 Å². The van der Waals surface area contributed by atoms with Crippen LogP contribution >= 0.6 is 0 Å². The molecule has 0 atom stereocenters. The molecule has 1 aromatic heterocycles. The van der Waals surface area contributed by atoms with Gasteiger partial charge >= 0.3 is 0 Å². The maximum atomic E-state index is 5.48. The maximum Gasteiger partial charge on any atom is 0.203 e. The lowest BCUT2D eigenvalue weighted by Gasteiger charge is -2.16. The van der Waals surface area contributed by atoms with E-state index in [4.69, 9.17) is 18.9 Å².